The van der Waals surface area contributed by atoms with Gasteiger partial charge in [-0.1, -0.05) is 20.8 Å². The van der Waals surface area contributed by atoms with Gasteiger partial charge in [0.1, 0.15) is 16.5 Å². The molecule has 158 valence electrons. The van der Waals surface area contributed by atoms with Gasteiger partial charge in [-0.25, -0.2) is 14.8 Å². The summed E-state index contributed by atoms with van der Waals surface area (Å²) in [5.74, 6) is 3.18. The number of nitrogens with one attached hydrogen (secondary N) is 1. The fourth-order valence-electron chi connectivity index (χ4n) is 4.36. The predicted octanol–water partition coefficient (Wildman–Crippen LogP) is 4.18. The molecule has 0 bridgehead atoms. The number of rotatable bonds is 4. The maximum Gasteiger partial charge on any atom is 0.317 e. The minimum atomic E-state index is 0.0437. The van der Waals surface area contributed by atoms with Crippen molar-refractivity contribution >= 4 is 33.4 Å². The molecule has 1 aliphatic carbocycles. The van der Waals surface area contributed by atoms with E-state index in [0.717, 1.165) is 61.4 Å². The number of hydrogen-bond acceptors (Lipinski definition) is 5. The molecule has 0 aromatic carbocycles. The number of aryl methyl sites for hydroxylation is 1. The van der Waals surface area contributed by atoms with E-state index in [-0.39, 0.29) is 6.03 Å². The summed E-state index contributed by atoms with van der Waals surface area (Å²) in [6, 6.07) is 0.0437. The van der Waals surface area contributed by atoms with Crippen LogP contribution in [-0.4, -0.2) is 53.6 Å². The van der Waals surface area contributed by atoms with E-state index in [9.17, 15) is 4.79 Å². The number of aromatic nitrogens is 2. The Bertz CT molecular complexity index is 887. The molecule has 2 atom stereocenters. The Kier molecular flexibility index (Phi) is 5.95. The smallest absolute Gasteiger partial charge is 0.317 e. The maximum absolute atomic E-state index is 12.2. The number of hydrogen-bond donors (Lipinski definition) is 1. The van der Waals surface area contributed by atoms with Crippen molar-refractivity contribution < 1.29 is 4.79 Å². The Morgan fingerprint density at radius 3 is 2.69 bits per heavy atom. The number of thiophene rings is 1. The van der Waals surface area contributed by atoms with E-state index < -0.39 is 0 Å². The first-order valence-electron chi connectivity index (χ1n) is 11.1. The molecule has 3 heterocycles. The molecule has 2 aromatic heterocycles. The van der Waals surface area contributed by atoms with Crippen molar-refractivity contribution in [2.75, 3.05) is 37.6 Å². The molecule has 29 heavy (non-hydrogen) atoms. The molecular weight excluding hydrogens is 382 g/mol. The standard InChI is InChI=1S/C22H33N5OS/c1-5-15(4)19-24-20(26-9-11-27(12-10-26)22(28)23-6-2)18-16-8-7-14(3)13-17(16)29-21(18)25-19/h14-15H,5-13H2,1-4H3,(H,23,28)/t14-,15+/m1/s1. The van der Waals surface area contributed by atoms with Crippen LogP contribution >= 0.6 is 11.3 Å². The summed E-state index contributed by atoms with van der Waals surface area (Å²) in [6.07, 6.45) is 4.59. The van der Waals surface area contributed by atoms with Gasteiger partial charge >= 0.3 is 6.03 Å². The highest BCUT2D eigenvalue weighted by molar-refractivity contribution is 7.19. The van der Waals surface area contributed by atoms with Crippen LogP contribution in [0, 0.1) is 5.92 Å². The van der Waals surface area contributed by atoms with Crippen molar-refractivity contribution in [3.8, 4) is 0 Å². The van der Waals surface area contributed by atoms with Crippen LogP contribution in [0.3, 0.4) is 0 Å². The monoisotopic (exact) mass is 415 g/mol. The average molecular weight is 416 g/mol. The Morgan fingerprint density at radius 2 is 2.00 bits per heavy atom. The highest BCUT2D eigenvalue weighted by Crippen LogP contribution is 2.41. The molecule has 0 spiro atoms. The van der Waals surface area contributed by atoms with Gasteiger partial charge in [0, 0.05) is 43.5 Å². The Hall–Kier alpha value is -1.89. The Balaban J connectivity index is 1.70. The van der Waals surface area contributed by atoms with Gasteiger partial charge in [-0.3, -0.25) is 0 Å². The number of carbonyl (C=O) groups excluding carboxylic acids is 1. The third-order valence-corrected chi connectivity index (χ3v) is 7.55. The molecule has 1 aliphatic heterocycles. The topological polar surface area (TPSA) is 61.4 Å². The lowest BCUT2D eigenvalue weighted by Gasteiger charge is -2.36. The molecule has 1 fully saturated rings. The SMILES string of the molecule is CCNC(=O)N1CCN(c2nc([C@@H](C)CC)nc3sc4c(c23)CC[C@@H](C)C4)CC1. The van der Waals surface area contributed by atoms with Crippen LogP contribution in [0.15, 0.2) is 0 Å². The summed E-state index contributed by atoms with van der Waals surface area (Å²) in [5.41, 5.74) is 1.49. The van der Waals surface area contributed by atoms with E-state index in [1.54, 1.807) is 0 Å². The van der Waals surface area contributed by atoms with Crippen LogP contribution in [0.4, 0.5) is 10.6 Å². The quantitative estimate of drug-likeness (QED) is 0.814. The highest BCUT2D eigenvalue weighted by Gasteiger charge is 2.29. The predicted molar refractivity (Wildman–Crippen MR) is 120 cm³/mol. The number of urea groups is 1. The van der Waals surface area contributed by atoms with Crippen LogP contribution in [0.5, 0.6) is 0 Å². The number of nitrogens with zero attached hydrogens (tertiary/aromatic N) is 4. The molecular formula is C22H33N5OS. The third-order valence-electron chi connectivity index (χ3n) is 6.40. The molecule has 0 radical (unpaired) electrons. The zero-order valence-electron chi connectivity index (χ0n) is 18.1. The molecule has 2 aromatic rings. The van der Waals surface area contributed by atoms with Gasteiger partial charge in [-0.15, -0.1) is 11.3 Å². The summed E-state index contributed by atoms with van der Waals surface area (Å²) in [7, 11) is 0. The molecule has 0 unspecified atom stereocenters. The summed E-state index contributed by atoms with van der Waals surface area (Å²) in [5, 5.41) is 4.20. The summed E-state index contributed by atoms with van der Waals surface area (Å²) in [6.45, 7) is 12.5. The second-order valence-corrected chi connectivity index (χ2v) is 9.64. The molecule has 2 amide bonds. The second kappa shape index (κ2) is 8.46. The van der Waals surface area contributed by atoms with Gasteiger partial charge in [0.2, 0.25) is 0 Å². The fourth-order valence-corrected chi connectivity index (χ4v) is 5.74. The van der Waals surface area contributed by atoms with E-state index >= 15 is 0 Å². The fraction of sp³-hybridized carbons (Fsp3) is 0.682. The van der Waals surface area contributed by atoms with Crippen LogP contribution in [-0.2, 0) is 12.8 Å². The van der Waals surface area contributed by atoms with Gasteiger partial charge in [0.15, 0.2) is 0 Å². The van der Waals surface area contributed by atoms with Crippen LogP contribution in [0.2, 0.25) is 0 Å². The third kappa shape index (κ3) is 3.93. The summed E-state index contributed by atoms with van der Waals surface area (Å²) < 4.78 is 0. The summed E-state index contributed by atoms with van der Waals surface area (Å²) in [4.78, 5) is 29.3. The zero-order valence-corrected chi connectivity index (χ0v) is 18.9. The van der Waals surface area contributed by atoms with E-state index in [1.807, 2.05) is 23.2 Å². The molecule has 1 saturated heterocycles. The molecule has 0 saturated carbocycles. The zero-order chi connectivity index (χ0) is 20.5. The lowest BCUT2D eigenvalue weighted by atomic mass is 9.89. The van der Waals surface area contributed by atoms with Crippen molar-refractivity contribution in [1.29, 1.82) is 0 Å². The van der Waals surface area contributed by atoms with Crippen molar-refractivity contribution in [2.24, 2.45) is 5.92 Å². The molecule has 6 nitrogen and oxygen atoms in total. The molecule has 2 aliphatic rings. The van der Waals surface area contributed by atoms with Gasteiger partial charge in [-0.2, -0.15) is 0 Å². The van der Waals surface area contributed by atoms with Crippen LogP contribution < -0.4 is 10.2 Å². The first kappa shape index (κ1) is 20.4. The lowest BCUT2D eigenvalue weighted by molar-refractivity contribution is 0.195. The molecule has 4 rings (SSSR count). The maximum atomic E-state index is 12.2. The minimum absolute atomic E-state index is 0.0437. The Labute approximate surface area is 177 Å². The van der Waals surface area contributed by atoms with Crippen molar-refractivity contribution in [2.45, 2.75) is 59.3 Å². The number of carbonyl (C=O) groups is 1. The largest absolute Gasteiger partial charge is 0.352 e. The van der Waals surface area contributed by atoms with Gasteiger partial charge in [-0.05, 0) is 44.1 Å². The van der Waals surface area contributed by atoms with Gasteiger partial charge in [0.25, 0.3) is 0 Å². The summed E-state index contributed by atoms with van der Waals surface area (Å²) >= 11 is 1.88. The van der Waals surface area contributed by atoms with Gasteiger partial charge < -0.3 is 15.1 Å². The van der Waals surface area contributed by atoms with Crippen LogP contribution in [0.25, 0.3) is 10.2 Å². The van der Waals surface area contributed by atoms with E-state index in [1.165, 1.54) is 28.7 Å². The molecule has 7 heteroatoms. The van der Waals surface area contributed by atoms with Crippen molar-refractivity contribution in [3.63, 3.8) is 0 Å². The number of anilines is 1. The van der Waals surface area contributed by atoms with Crippen LogP contribution in [0.1, 0.15) is 62.7 Å². The second-order valence-electron chi connectivity index (χ2n) is 8.56. The minimum Gasteiger partial charge on any atom is -0.352 e. The first-order valence-corrected chi connectivity index (χ1v) is 11.9. The normalized spacial score (nSPS) is 20.6. The van der Waals surface area contributed by atoms with E-state index in [2.05, 4.69) is 31.0 Å². The van der Waals surface area contributed by atoms with Gasteiger partial charge in [0.05, 0.1) is 5.39 Å². The number of piperazine rings is 1. The van der Waals surface area contributed by atoms with Crippen molar-refractivity contribution in [3.05, 3.63) is 16.3 Å². The Morgan fingerprint density at radius 1 is 1.24 bits per heavy atom. The highest BCUT2D eigenvalue weighted by atomic mass is 32.1. The first-order chi connectivity index (χ1) is 14.0. The van der Waals surface area contributed by atoms with E-state index in [0.29, 0.717) is 12.5 Å². The molecule has 1 N–H and O–H groups in total. The van der Waals surface area contributed by atoms with Crippen molar-refractivity contribution in [1.82, 2.24) is 20.2 Å². The van der Waals surface area contributed by atoms with E-state index in [4.69, 9.17) is 9.97 Å². The average Bonchev–Trinajstić information content (AvgIpc) is 3.10. The lowest BCUT2D eigenvalue weighted by Crippen LogP contribution is -2.52. The number of fused-ring (bicyclic) bond motifs is 3. The number of amides is 2.